The zero-order valence-electron chi connectivity index (χ0n) is 15.7. The van der Waals surface area contributed by atoms with Gasteiger partial charge in [-0.3, -0.25) is 4.79 Å². The van der Waals surface area contributed by atoms with Crippen molar-refractivity contribution in [3.05, 3.63) is 24.0 Å². The Bertz CT molecular complexity index is 596. The first-order valence-electron chi connectivity index (χ1n) is 10.4. The molecule has 0 aromatic carbocycles. The highest BCUT2D eigenvalue weighted by Crippen LogP contribution is 2.58. The number of aryl methyl sites for hydroxylation is 1. The Labute approximate surface area is 152 Å². The molecule has 1 spiro atoms. The first-order valence-corrected chi connectivity index (χ1v) is 10.4. The number of hydrogen-bond acceptors (Lipinski definition) is 2. The Morgan fingerprint density at radius 3 is 2.84 bits per heavy atom. The van der Waals surface area contributed by atoms with Gasteiger partial charge in [0.2, 0.25) is 0 Å². The highest BCUT2D eigenvalue weighted by Gasteiger charge is 2.48. The molecule has 3 aliphatic rings. The summed E-state index contributed by atoms with van der Waals surface area (Å²) in [5.74, 6) is 1.00. The summed E-state index contributed by atoms with van der Waals surface area (Å²) in [7, 11) is 0. The monoisotopic (exact) mass is 343 g/mol. The maximum atomic E-state index is 12.6. The van der Waals surface area contributed by atoms with Crippen molar-refractivity contribution in [2.75, 3.05) is 19.6 Å². The van der Waals surface area contributed by atoms with Gasteiger partial charge in [0.05, 0.1) is 0 Å². The van der Waals surface area contributed by atoms with Crippen molar-refractivity contribution in [2.45, 2.75) is 70.9 Å². The van der Waals surface area contributed by atoms with Gasteiger partial charge in [0.25, 0.3) is 5.91 Å². The van der Waals surface area contributed by atoms with Gasteiger partial charge in [-0.25, -0.2) is 0 Å². The van der Waals surface area contributed by atoms with E-state index in [1.807, 2.05) is 22.9 Å². The maximum absolute atomic E-state index is 12.6. The molecule has 1 aliphatic heterocycles. The standard InChI is InChI=1S/C21H33N3O/c1-2-24-12-5-8-19(24)20(25)22-18-7-3-4-11-23(16-18)15-17-13-21(14-17)9-6-10-21/h5,8,12,17-18H,2-4,6-7,9-11,13-16H2,1H3,(H,22,25). The molecule has 2 saturated carbocycles. The molecule has 25 heavy (non-hydrogen) atoms. The van der Waals surface area contributed by atoms with Crippen molar-refractivity contribution in [2.24, 2.45) is 11.3 Å². The fourth-order valence-electron chi connectivity index (χ4n) is 5.40. The van der Waals surface area contributed by atoms with Gasteiger partial charge < -0.3 is 14.8 Å². The van der Waals surface area contributed by atoms with Crippen molar-refractivity contribution in [3.8, 4) is 0 Å². The van der Waals surface area contributed by atoms with Crippen LogP contribution in [-0.2, 0) is 6.54 Å². The van der Waals surface area contributed by atoms with Gasteiger partial charge in [0.1, 0.15) is 5.69 Å². The van der Waals surface area contributed by atoms with Crippen LogP contribution in [0, 0.1) is 11.3 Å². The van der Waals surface area contributed by atoms with Gasteiger partial charge >= 0.3 is 0 Å². The van der Waals surface area contributed by atoms with Crippen LogP contribution in [-0.4, -0.2) is 41.1 Å². The lowest BCUT2D eigenvalue weighted by atomic mass is 9.52. The SMILES string of the molecule is CCn1cccc1C(=O)NC1CCCCN(CC2CC3(CCC3)C2)C1. The number of amides is 1. The van der Waals surface area contributed by atoms with E-state index in [2.05, 4.69) is 17.1 Å². The summed E-state index contributed by atoms with van der Waals surface area (Å²) in [6, 6.07) is 4.19. The van der Waals surface area contributed by atoms with Crippen LogP contribution in [0.25, 0.3) is 0 Å². The molecule has 1 aromatic rings. The lowest BCUT2D eigenvalue weighted by Gasteiger charge is -2.55. The summed E-state index contributed by atoms with van der Waals surface area (Å²) in [4.78, 5) is 15.3. The van der Waals surface area contributed by atoms with Crippen molar-refractivity contribution in [1.82, 2.24) is 14.8 Å². The van der Waals surface area contributed by atoms with Crippen LogP contribution in [0.5, 0.6) is 0 Å². The van der Waals surface area contributed by atoms with Gasteiger partial charge in [-0.1, -0.05) is 12.8 Å². The molecule has 1 saturated heterocycles. The van der Waals surface area contributed by atoms with Gasteiger partial charge in [0.15, 0.2) is 0 Å². The smallest absolute Gasteiger partial charge is 0.268 e. The number of nitrogens with zero attached hydrogens (tertiary/aromatic N) is 2. The van der Waals surface area contributed by atoms with Crippen molar-refractivity contribution in [1.29, 1.82) is 0 Å². The summed E-state index contributed by atoms with van der Waals surface area (Å²) in [6.07, 6.45) is 13.0. The molecule has 138 valence electrons. The third-order valence-corrected chi connectivity index (χ3v) is 6.87. The number of aromatic nitrogens is 1. The first kappa shape index (κ1) is 17.1. The van der Waals surface area contributed by atoms with Crippen LogP contribution in [0.2, 0.25) is 0 Å². The number of carbonyl (C=O) groups excluding carboxylic acids is 1. The Morgan fingerprint density at radius 1 is 1.28 bits per heavy atom. The topological polar surface area (TPSA) is 37.3 Å². The molecule has 2 aliphatic carbocycles. The molecule has 4 nitrogen and oxygen atoms in total. The van der Waals surface area contributed by atoms with E-state index >= 15 is 0 Å². The third-order valence-electron chi connectivity index (χ3n) is 6.87. The van der Waals surface area contributed by atoms with Crippen LogP contribution < -0.4 is 5.32 Å². The van der Waals surface area contributed by atoms with Crippen molar-refractivity contribution in [3.63, 3.8) is 0 Å². The van der Waals surface area contributed by atoms with E-state index in [4.69, 9.17) is 0 Å². The van der Waals surface area contributed by atoms with Crippen LogP contribution >= 0.6 is 0 Å². The first-order chi connectivity index (χ1) is 12.2. The minimum absolute atomic E-state index is 0.0933. The summed E-state index contributed by atoms with van der Waals surface area (Å²) in [5, 5.41) is 3.31. The summed E-state index contributed by atoms with van der Waals surface area (Å²) >= 11 is 0. The molecule has 4 rings (SSSR count). The molecule has 0 bridgehead atoms. The molecule has 2 heterocycles. The predicted octanol–water partition coefficient (Wildman–Crippen LogP) is 3.67. The van der Waals surface area contributed by atoms with E-state index in [9.17, 15) is 4.79 Å². The third kappa shape index (κ3) is 3.64. The van der Waals surface area contributed by atoms with E-state index in [1.54, 1.807) is 0 Å². The van der Waals surface area contributed by atoms with E-state index < -0.39 is 0 Å². The summed E-state index contributed by atoms with van der Waals surface area (Å²) in [6.45, 7) is 6.41. The maximum Gasteiger partial charge on any atom is 0.268 e. The second kappa shape index (κ2) is 7.14. The van der Waals surface area contributed by atoms with Gasteiger partial charge in [-0.05, 0) is 75.5 Å². The fraction of sp³-hybridized carbons (Fsp3) is 0.762. The van der Waals surface area contributed by atoms with Crippen LogP contribution in [0.15, 0.2) is 18.3 Å². The second-order valence-corrected chi connectivity index (χ2v) is 8.73. The van der Waals surface area contributed by atoms with E-state index in [-0.39, 0.29) is 5.91 Å². The van der Waals surface area contributed by atoms with E-state index in [0.29, 0.717) is 6.04 Å². The Balaban J connectivity index is 1.30. The second-order valence-electron chi connectivity index (χ2n) is 8.73. The van der Waals surface area contributed by atoms with Crippen LogP contribution in [0.3, 0.4) is 0 Å². The van der Waals surface area contributed by atoms with E-state index in [1.165, 1.54) is 58.0 Å². The number of nitrogens with one attached hydrogen (secondary N) is 1. The molecule has 1 unspecified atom stereocenters. The quantitative estimate of drug-likeness (QED) is 0.886. The number of likely N-dealkylation sites (tertiary alicyclic amines) is 1. The van der Waals surface area contributed by atoms with Gasteiger partial charge in [0, 0.05) is 31.9 Å². The van der Waals surface area contributed by atoms with Crippen LogP contribution in [0.4, 0.5) is 0 Å². The normalized spacial score (nSPS) is 26.7. The Hall–Kier alpha value is -1.29. The molecule has 1 amide bonds. The minimum Gasteiger partial charge on any atom is -0.347 e. The van der Waals surface area contributed by atoms with Crippen molar-refractivity contribution < 1.29 is 4.79 Å². The lowest BCUT2D eigenvalue weighted by Crippen LogP contribution is -2.49. The Kier molecular flexibility index (Phi) is 4.90. The minimum atomic E-state index is 0.0933. The molecule has 0 radical (unpaired) electrons. The van der Waals surface area contributed by atoms with Crippen LogP contribution in [0.1, 0.15) is 68.8 Å². The molecule has 1 N–H and O–H groups in total. The largest absolute Gasteiger partial charge is 0.347 e. The van der Waals surface area contributed by atoms with Crippen molar-refractivity contribution >= 4 is 5.91 Å². The molecule has 4 heteroatoms. The Morgan fingerprint density at radius 2 is 2.12 bits per heavy atom. The van der Waals surface area contributed by atoms with E-state index in [0.717, 1.165) is 36.5 Å². The molecule has 3 fully saturated rings. The zero-order chi connectivity index (χ0) is 17.3. The number of hydrogen-bond donors (Lipinski definition) is 1. The average Bonchev–Trinajstić information content (AvgIpc) is 2.90. The highest BCUT2D eigenvalue weighted by molar-refractivity contribution is 5.92. The summed E-state index contributed by atoms with van der Waals surface area (Å²) < 4.78 is 2.02. The molecular formula is C21H33N3O. The number of rotatable bonds is 5. The van der Waals surface area contributed by atoms with Gasteiger partial charge in [-0.15, -0.1) is 0 Å². The summed E-state index contributed by atoms with van der Waals surface area (Å²) in [5.41, 5.74) is 1.57. The van der Waals surface area contributed by atoms with Gasteiger partial charge in [-0.2, -0.15) is 0 Å². The lowest BCUT2D eigenvalue weighted by molar-refractivity contribution is -0.0378. The number of carbonyl (C=O) groups is 1. The highest BCUT2D eigenvalue weighted by atomic mass is 16.2. The molecule has 1 aromatic heterocycles. The molecule has 1 atom stereocenters. The zero-order valence-corrected chi connectivity index (χ0v) is 15.7. The fourth-order valence-corrected chi connectivity index (χ4v) is 5.40. The molecular weight excluding hydrogens is 310 g/mol. The average molecular weight is 344 g/mol. The predicted molar refractivity (Wildman–Crippen MR) is 101 cm³/mol.